The van der Waals surface area contributed by atoms with Gasteiger partial charge in [0, 0.05) is 24.6 Å². The minimum atomic E-state index is -4.85. The number of hydrogen-bond acceptors (Lipinski definition) is 4. The predicted octanol–water partition coefficient (Wildman–Crippen LogP) is 3.79. The van der Waals surface area contributed by atoms with Crippen molar-refractivity contribution >= 4 is 17.8 Å². The van der Waals surface area contributed by atoms with Crippen LogP contribution in [-0.4, -0.2) is 47.9 Å². The van der Waals surface area contributed by atoms with Crippen LogP contribution in [0, 0.1) is 11.7 Å². The van der Waals surface area contributed by atoms with Crippen LogP contribution in [0.15, 0.2) is 18.2 Å². The lowest BCUT2D eigenvalue weighted by Gasteiger charge is -2.32. The van der Waals surface area contributed by atoms with E-state index in [1.54, 1.807) is 20.8 Å². The van der Waals surface area contributed by atoms with Crippen LogP contribution in [0.1, 0.15) is 49.5 Å². The van der Waals surface area contributed by atoms with Crippen molar-refractivity contribution in [3.05, 3.63) is 35.1 Å². The molecule has 1 saturated heterocycles. The van der Waals surface area contributed by atoms with Crippen molar-refractivity contribution in [3.8, 4) is 0 Å². The first-order valence-corrected chi connectivity index (χ1v) is 9.43. The van der Waals surface area contributed by atoms with Gasteiger partial charge < -0.3 is 15.0 Å². The molecule has 1 aliphatic rings. The van der Waals surface area contributed by atoms with Gasteiger partial charge in [-0.2, -0.15) is 13.2 Å². The highest BCUT2D eigenvalue weighted by Gasteiger charge is 2.34. The van der Waals surface area contributed by atoms with E-state index < -0.39 is 53.4 Å². The number of ether oxygens (including phenoxy) is 1. The Morgan fingerprint density at radius 1 is 1.13 bits per heavy atom. The fourth-order valence-corrected chi connectivity index (χ4v) is 2.98. The second-order valence-corrected chi connectivity index (χ2v) is 8.08. The Balaban J connectivity index is 1.84. The van der Waals surface area contributed by atoms with Crippen LogP contribution in [0.3, 0.4) is 0 Å². The third kappa shape index (κ3) is 6.43. The van der Waals surface area contributed by atoms with Gasteiger partial charge in [0.25, 0.3) is 0 Å². The number of amides is 2. The molecule has 0 radical (unpaired) electrons. The van der Waals surface area contributed by atoms with Crippen LogP contribution >= 0.6 is 0 Å². The van der Waals surface area contributed by atoms with Crippen molar-refractivity contribution in [1.29, 1.82) is 0 Å². The number of nitrogens with zero attached hydrogens (tertiary/aromatic N) is 1. The number of rotatable bonds is 4. The summed E-state index contributed by atoms with van der Waals surface area (Å²) in [6.45, 7) is 5.45. The van der Waals surface area contributed by atoms with Gasteiger partial charge in [0.15, 0.2) is 5.78 Å². The number of likely N-dealkylation sites (tertiary alicyclic amines) is 1. The van der Waals surface area contributed by atoms with Gasteiger partial charge in [0.05, 0.1) is 12.1 Å². The predicted molar refractivity (Wildman–Crippen MR) is 99.3 cm³/mol. The zero-order valence-electron chi connectivity index (χ0n) is 16.9. The quantitative estimate of drug-likeness (QED) is 0.580. The Labute approximate surface area is 171 Å². The van der Waals surface area contributed by atoms with Gasteiger partial charge in [-0.1, -0.05) is 6.07 Å². The maximum Gasteiger partial charge on any atom is 0.419 e. The fraction of sp³-hybridized carbons (Fsp3) is 0.550. The second kappa shape index (κ2) is 9.01. The molecule has 1 fully saturated rings. The Kier molecular flexibility index (Phi) is 7.10. The maximum atomic E-state index is 13.6. The monoisotopic (exact) mass is 432 g/mol. The molecule has 1 aromatic carbocycles. The normalized spacial score (nSPS) is 15.6. The largest absolute Gasteiger partial charge is 0.444 e. The summed E-state index contributed by atoms with van der Waals surface area (Å²) in [6, 6.07) is 1.88. The first kappa shape index (κ1) is 23.6. The standard InChI is InChI=1S/C20H24F4N2O4/c1-19(2,3)30-18(29)26-8-6-12(7-9-26)17(28)25-11-16(27)13-4-5-14(15(21)10-13)20(22,23)24/h4-5,10,12H,6-9,11H2,1-3H3,(H,25,28). The third-order valence-electron chi connectivity index (χ3n) is 4.54. The summed E-state index contributed by atoms with van der Waals surface area (Å²) < 4.78 is 56.6. The highest BCUT2D eigenvalue weighted by atomic mass is 19.4. The van der Waals surface area contributed by atoms with E-state index in [1.165, 1.54) is 4.90 Å². The molecule has 2 amide bonds. The number of halogens is 4. The van der Waals surface area contributed by atoms with Crippen LogP contribution in [0.5, 0.6) is 0 Å². The van der Waals surface area contributed by atoms with E-state index in [2.05, 4.69) is 5.32 Å². The minimum absolute atomic E-state index is 0.263. The van der Waals surface area contributed by atoms with E-state index in [0.717, 1.165) is 6.07 Å². The highest BCUT2D eigenvalue weighted by molar-refractivity contribution is 5.99. The van der Waals surface area contributed by atoms with E-state index >= 15 is 0 Å². The van der Waals surface area contributed by atoms with Crippen molar-refractivity contribution in [3.63, 3.8) is 0 Å². The molecule has 1 aliphatic heterocycles. The zero-order valence-corrected chi connectivity index (χ0v) is 16.9. The second-order valence-electron chi connectivity index (χ2n) is 8.08. The molecular formula is C20H24F4N2O4. The summed E-state index contributed by atoms with van der Waals surface area (Å²) in [7, 11) is 0. The number of ketones is 1. The summed E-state index contributed by atoms with van der Waals surface area (Å²) in [5, 5.41) is 2.43. The number of nitrogens with one attached hydrogen (secondary N) is 1. The topological polar surface area (TPSA) is 75.7 Å². The van der Waals surface area contributed by atoms with Crippen LogP contribution in [0.25, 0.3) is 0 Å². The number of Topliss-reactive ketones (excluding diaryl/α,β-unsaturated/α-hetero) is 1. The van der Waals surface area contributed by atoms with Crippen molar-refractivity contribution in [1.82, 2.24) is 10.2 Å². The number of benzene rings is 1. The summed E-state index contributed by atoms with van der Waals surface area (Å²) in [4.78, 5) is 37.9. The van der Waals surface area contributed by atoms with Crippen molar-refractivity contribution in [2.75, 3.05) is 19.6 Å². The lowest BCUT2D eigenvalue weighted by Crippen LogP contribution is -2.45. The Hall–Kier alpha value is -2.65. The summed E-state index contributed by atoms with van der Waals surface area (Å²) in [6.07, 6.45) is -4.54. The molecule has 0 unspecified atom stereocenters. The number of carbonyl (C=O) groups excluding carboxylic acids is 3. The van der Waals surface area contributed by atoms with E-state index in [4.69, 9.17) is 4.74 Å². The number of alkyl halides is 3. The van der Waals surface area contributed by atoms with E-state index in [1.807, 2.05) is 0 Å². The average Bonchev–Trinajstić information content (AvgIpc) is 2.63. The molecule has 1 N–H and O–H groups in total. The molecule has 166 valence electrons. The molecule has 1 heterocycles. The Bertz CT molecular complexity index is 810. The van der Waals surface area contributed by atoms with Gasteiger partial charge >= 0.3 is 12.3 Å². The summed E-state index contributed by atoms with van der Waals surface area (Å²) in [5.41, 5.74) is -2.34. The molecule has 30 heavy (non-hydrogen) atoms. The first-order valence-electron chi connectivity index (χ1n) is 9.43. The minimum Gasteiger partial charge on any atom is -0.444 e. The molecule has 0 aliphatic carbocycles. The zero-order chi connectivity index (χ0) is 22.7. The van der Waals surface area contributed by atoms with Gasteiger partial charge in [0.2, 0.25) is 5.91 Å². The highest BCUT2D eigenvalue weighted by Crippen LogP contribution is 2.31. The van der Waals surface area contributed by atoms with E-state index in [9.17, 15) is 31.9 Å². The van der Waals surface area contributed by atoms with E-state index in [-0.39, 0.29) is 5.56 Å². The average molecular weight is 432 g/mol. The Morgan fingerprint density at radius 3 is 2.23 bits per heavy atom. The molecule has 0 atom stereocenters. The van der Waals surface area contributed by atoms with Crippen LogP contribution in [-0.2, 0) is 15.7 Å². The number of carbonyl (C=O) groups is 3. The lowest BCUT2D eigenvalue weighted by atomic mass is 9.96. The van der Waals surface area contributed by atoms with Crippen LogP contribution in [0.2, 0.25) is 0 Å². The molecular weight excluding hydrogens is 408 g/mol. The van der Waals surface area contributed by atoms with Gasteiger partial charge in [-0.15, -0.1) is 0 Å². The smallest absolute Gasteiger partial charge is 0.419 e. The lowest BCUT2D eigenvalue weighted by molar-refractivity contribution is -0.140. The Morgan fingerprint density at radius 2 is 1.73 bits per heavy atom. The molecule has 0 bridgehead atoms. The molecule has 0 spiro atoms. The van der Waals surface area contributed by atoms with Crippen LogP contribution in [0.4, 0.5) is 22.4 Å². The summed E-state index contributed by atoms with van der Waals surface area (Å²) in [5.74, 6) is -3.07. The molecule has 6 nitrogen and oxygen atoms in total. The fourth-order valence-electron chi connectivity index (χ4n) is 2.98. The van der Waals surface area contributed by atoms with Gasteiger partial charge in [-0.3, -0.25) is 9.59 Å². The molecule has 0 saturated carbocycles. The first-order chi connectivity index (χ1) is 13.8. The maximum absolute atomic E-state index is 13.6. The molecule has 2 rings (SSSR count). The molecule has 10 heteroatoms. The van der Waals surface area contributed by atoms with Gasteiger partial charge in [0.1, 0.15) is 11.4 Å². The summed E-state index contributed by atoms with van der Waals surface area (Å²) >= 11 is 0. The van der Waals surface area contributed by atoms with Gasteiger partial charge in [-0.05, 0) is 45.7 Å². The van der Waals surface area contributed by atoms with Crippen LogP contribution < -0.4 is 5.32 Å². The van der Waals surface area contributed by atoms with Crippen molar-refractivity contribution in [2.24, 2.45) is 5.92 Å². The number of hydrogen-bond donors (Lipinski definition) is 1. The molecule has 1 aromatic rings. The SMILES string of the molecule is CC(C)(C)OC(=O)N1CCC(C(=O)NCC(=O)c2ccc(C(F)(F)F)c(F)c2)CC1. The van der Waals surface area contributed by atoms with Gasteiger partial charge in [-0.25, -0.2) is 9.18 Å². The third-order valence-corrected chi connectivity index (χ3v) is 4.54. The molecule has 0 aromatic heterocycles. The number of piperidine rings is 1. The van der Waals surface area contributed by atoms with E-state index in [0.29, 0.717) is 38.1 Å². The van der Waals surface area contributed by atoms with Crippen molar-refractivity contribution < 1.29 is 36.7 Å². The van der Waals surface area contributed by atoms with Crippen molar-refractivity contribution in [2.45, 2.75) is 45.4 Å².